The van der Waals surface area contributed by atoms with Gasteiger partial charge in [-0.3, -0.25) is 4.79 Å². The van der Waals surface area contributed by atoms with Gasteiger partial charge in [0.25, 0.3) is 0 Å². The molecule has 94 valence electrons. The number of hydrogen-bond donors (Lipinski definition) is 1. The van der Waals surface area contributed by atoms with Crippen molar-refractivity contribution in [3.8, 4) is 5.75 Å². The molecule has 1 N–H and O–H groups in total. The lowest BCUT2D eigenvalue weighted by molar-refractivity contribution is -0.116. The smallest absolute Gasteiger partial charge is 0.224 e. The number of amides is 1. The molecule has 1 aromatic carbocycles. The molecule has 0 spiro atoms. The predicted octanol–water partition coefficient (Wildman–Crippen LogP) is 3.43. The quantitative estimate of drug-likeness (QED) is 0.599. The zero-order chi connectivity index (χ0) is 12.5. The number of alkyl halides is 1. The number of carbonyl (C=O) groups is 1. The van der Waals surface area contributed by atoms with Crippen molar-refractivity contribution in [1.29, 1.82) is 0 Å². The maximum Gasteiger partial charge on any atom is 0.224 e. The van der Waals surface area contributed by atoms with Gasteiger partial charge in [0, 0.05) is 12.3 Å². The molecule has 0 aromatic heterocycles. The molecule has 0 saturated carbocycles. The molecule has 1 rings (SSSR count). The Balaban J connectivity index is 2.52. The Labute approximate surface area is 107 Å². The van der Waals surface area contributed by atoms with Gasteiger partial charge in [0.1, 0.15) is 5.75 Å². The zero-order valence-corrected chi connectivity index (χ0v) is 10.8. The van der Waals surface area contributed by atoms with Crippen LogP contribution in [0, 0.1) is 0 Å². The first-order valence-corrected chi connectivity index (χ1v) is 6.39. The Morgan fingerprint density at radius 2 is 2.12 bits per heavy atom. The van der Waals surface area contributed by atoms with Crippen LogP contribution in [0.25, 0.3) is 0 Å². The van der Waals surface area contributed by atoms with Gasteiger partial charge in [-0.1, -0.05) is 12.1 Å². The first-order valence-electron chi connectivity index (χ1n) is 5.85. The maximum atomic E-state index is 11.6. The van der Waals surface area contributed by atoms with Crippen molar-refractivity contribution < 1.29 is 9.53 Å². The summed E-state index contributed by atoms with van der Waals surface area (Å²) in [5.41, 5.74) is 0.727. The molecule has 0 fully saturated rings. The largest absolute Gasteiger partial charge is 0.492 e. The van der Waals surface area contributed by atoms with E-state index >= 15 is 0 Å². The van der Waals surface area contributed by atoms with Crippen LogP contribution in [0.1, 0.15) is 26.2 Å². The highest BCUT2D eigenvalue weighted by molar-refractivity contribution is 6.17. The fraction of sp³-hybridized carbons (Fsp3) is 0.462. The van der Waals surface area contributed by atoms with Crippen LogP contribution >= 0.6 is 11.6 Å². The van der Waals surface area contributed by atoms with Crippen molar-refractivity contribution in [2.75, 3.05) is 17.8 Å². The van der Waals surface area contributed by atoms with Crippen molar-refractivity contribution in [2.45, 2.75) is 26.2 Å². The molecule has 0 aliphatic carbocycles. The van der Waals surface area contributed by atoms with E-state index in [1.54, 1.807) is 0 Å². The Hall–Kier alpha value is -1.22. The van der Waals surface area contributed by atoms with E-state index in [-0.39, 0.29) is 5.91 Å². The minimum atomic E-state index is 0.00210. The van der Waals surface area contributed by atoms with E-state index in [9.17, 15) is 4.79 Å². The summed E-state index contributed by atoms with van der Waals surface area (Å²) >= 11 is 5.56. The van der Waals surface area contributed by atoms with Crippen molar-refractivity contribution >= 4 is 23.2 Å². The fourth-order valence-electron chi connectivity index (χ4n) is 1.44. The van der Waals surface area contributed by atoms with Crippen LogP contribution in [0.15, 0.2) is 24.3 Å². The van der Waals surface area contributed by atoms with Gasteiger partial charge in [-0.2, -0.15) is 0 Å². The molecule has 1 amide bonds. The minimum absolute atomic E-state index is 0.00210. The third kappa shape index (κ3) is 5.09. The van der Waals surface area contributed by atoms with Gasteiger partial charge < -0.3 is 10.1 Å². The monoisotopic (exact) mass is 255 g/mol. The standard InChI is InChI=1S/C13H18ClNO2/c1-2-17-12-8-4-3-7-11(12)15-13(16)9-5-6-10-14/h3-4,7-8H,2,5-6,9-10H2,1H3,(H,15,16). The lowest BCUT2D eigenvalue weighted by Crippen LogP contribution is -2.12. The number of halogens is 1. The average Bonchev–Trinajstić information content (AvgIpc) is 2.32. The molecule has 0 heterocycles. The second-order valence-corrected chi connectivity index (χ2v) is 4.00. The topological polar surface area (TPSA) is 38.3 Å². The van der Waals surface area contributed by atoms with Gasteiger partial charge in [0.2, 0.25) is 5.91 Å². The SMILES string of the molecule is CCOc1ccccc1NC(=O)CCCCCl. The van der Waals surface area contributed by atoms with Crippen molar-refractivity contribution in [3.63, 3.8) is 0 Å². The Morgan fingerprint density at radius 3 is 2.82 bits per heavy atom. The normalized spacial score (nSPS) is 10.0. The van der Waals surface area contributed by atoms with E-state index in [4.69, 9.17) is 16.3 Å². The summed E-state index contributed by atoms with van der Waals surface area (Å²) in [5, 5.41) is 2.85. The van der Waals surface area contributed by atoms with Crippen molar-refractivity contribution in [1.82, 2.24) is 0 Å². The number of hydrogen-bond acceptors (Lipinski definition) is 2. The van der Waals surface area contributed by atoms with E-state index in [1.165, 1.54) is 0 Å². The number of para-hydroxylation sites is 2. The zero-order valence-electron chi connectivity index (χ0n) is 10.0. The predicted molar refractivity (Wildman–Crippen MR) is 70.8 cm³/mol. The molecule has 17 heavy (non-hydrogen) atoms. The van der Waals surface area contributed by atoms with E-state index in [0.29, 0.717) is 24.7 Å². The number of unbranched alkanes of at least 4 members (excludes halogenated alkanes) is 1. The fourth-order valence-corrected chi connectivity index (χ4v) is 1.63. The highest BCUT2D eigenvalue weighted by Gasteiger charge is 2.06. The summed E-state index contributed by atoms with van der Waals surface area (Å²) in [4.78, 5) is 11.6. The number of benzene rings is 1. The van der Waals surface area contributed by atoms with E-state index in [1.807, 2.05) is 31.2 Å². The second-order valence-electron chi connectivity index (χ2n) is 3.62. The number of nitrogens with one attached hydrogen (secondary N) is 1. The van der Waals surface area contributed by atoms with Gasteiger partial charge >= 0.3 is 0 Å². The van der Waals surface area contributed by atoms with Crippen LogP contribution in [0.4, 0.5) is 5.69 Å². The summed E-state index contributed by atoms with van der Waals surface area (Å²) in [6, 6.07) is 7.44. The molecular formula is C13H18ClNO2. The molecule has 0 unspecified atom stereocenters. The molecule has 0 radical (unpaired) electrons. The minimum Gasteiger partial charge on any atom is -0.492 e. The lowest BCUT2D eigenvalue weighted by Gasteiger charge is -2.10. The first kappa shape index (κ1) is 13.8. The van der Waals surface area contributed by atoms with Crippen LogP contribution < -0.4 is 10.1 Å². The van der Waals surface area contributed by atoms with E-state index < -0.39 is 0 Å². The summed E-state index contributed by atoms with van der Waals surface area (Å²) in [6.45, 7) is 2.50. The van der Waals surface area contributed by atoms with Crippen LogP contribution in [-0.2, 0) is 4.79 Å². The van der Waals surface area contributed by atoms with Crippen LogP contribution in [-0.4, -0.2) is 18.4 Å². The molecule has 0 saturated heterocycles. The second kappa shape index (κ2) is 7.96. The average molecular weight is 256 g/mol. The van der Waals surface area contributed by atoms with Crippen molar-refractivity contribution in [2.24, 2.45) is 0 Å². The molecule has 1 aromatic rings. The molecule has 0 aliphatic heterocycles. The summed E-state index contributed by atoms with van der Waals surface area (Å²) in [7, 11) is 0. The lowest BCUT2D eigenvalue weighted by atomic mass is 10.2. The Morgan fingerprint density at radius 1 is 1.35 bits per heavy atom. The molecular weight excluding hydrogens is 238 g/mol. The van der Waals surface area contributed by atoms with Gasteiger partial charge in [-0.05, 0) is 31.9 Å². The van der Waals surface area contributed by atoms with Gasteiger partial charge in [-0.25, -0.2) is 0 Å². The first-order chi connectivity index (χ1) is 8.27. The summed E-state index contributed by atoms with van der Waals surface area (Å²) in [5.74, 6) is 1.31. The van der Waals surface area contributed by atoms with E-state index in [0.717, 1.165) is 18.5 Å². The highest BCUT2D eigenvalue weighted by atomic mass is 35.5. The number of ether oxygens (including phenoxy) is 1. The van der Waals surface area contributed by atoms with Crippen molar-refractivity contribution in [3.05, 3.63) is 24.3 Å². The molecule has 0 atom stereocenters. The highest BCUT2D eigenvalue weighted by Crippen LogP contribution is 2.23. The third-order valence-corrected chi connectivity index (χ3v) is 2.52. The molecule has 0 aliphatic rings. The van der Waals surface area contributed by atoms with E-state index in [2.05, 4.69) is 5.32 Å². The molecule has 4 heteroatoms. The third-order valence-electron chi connectivity index (χ3n) is 2.25. The Bertz CT molecular complexity index is 355. The summed E-state index contributed by atoms with van der Waals surface area (Å²) < 4.78 is 5.43. The van der Waals surface area contributed by atoms with Gasteiger partial charge in [0.15, 0.2) is 0 Å². The van der Waals surface area contributed by atoms with Crippen LogP contribution in [0.5, 0.6) is 5.75 Å². The van der Waals surface area contributed by atoms with Gasteiger partial charge in [0.05, 0.1) is 12.3 Å². The number of anilines is 1. The van der Waals surface area contributed by atoms with Crippen LogP contribution in [0.3, 0.4) is 0 Å². The van der Waals surface area contributed by atoms with Gasteiger partial charge in [-0.15, -0.1) is 11.6 Å². The molecule has 0 bridgehead atoms. The summed E-state index contributed by atoms with van der Waals surface area (Å²) in [6.07, 6.45) is 2.17. The van der Waals surface area contributed by atoms with Crippen LogP contribution in [0.2, 0.25) is 0 Å². The number of carbonyl (C=O) groups excluding carboxylic acids is 1. The Kier molecular flexibility index (Phi) is 6.48. The number of rotatable bonds is 7. The molecule has 3 nitrogen and oxygen atoms in total. The maximum absolute atomic E-state index is 11.6.